The number of aromatic hydroxyl groups is 1. The van der Waals surface area contributed by atoms with Gasteiger partial charge < -0.3 is 9.63 Å². The first-order chi connectivity index (χ1) is 9.65. The maximum absolute atomic E-state index is 13.7. The lowest BCUT2D eigenvalue weighted by Gasteiger charge is -1.97. The summed E-state index contributed by atoms with van der Waals surface area (Å²) in [5.74, 6) is -0.534. The first-order valence-corrected chi connectivity index (χ1v) is 6.38. The van der Waals surface area contributed by atoms with Crippen molar-refractivity contribution in [2.45, 2.75) is 0 Å². The van der Waals surface area contributed by atoms with E-state index in [4.69, 9.17) is 4.52 Å². The number of hydrogen-bond donors (Lipinski definition) is 1. The summed E-state index contributed by atoms with van der Waals surface area (Å²) in [4.78, 5) is 8.24. The van der Waals surface area contributed by atoms with E-state index in [2.05, 4.69) is 31.1 Å². The van der Waals surface area contributed by atoms with E-state index in [9.17, 15) is 9.50 Å². The zero-order valence-corrected chi connectivity index (χ0v) is 11.5. The minimum absolute atomic E-state index is 0.0232. The first kappa shape index (κ1) is 12.7. The topological polar surface area (TPSA) is 72.0 Å². The number of hydrogen-bond acceptors (Lipinski definition) is 5. The zero-order chi connectivity index (χ0) is 14.1. The Morgan fingerprint density at radius 2 is 2.10 bits per heavy atom. The third kappa shape index (κ3) is 2.27. The molecule has 3 rings (SSSR count). The van der Waals surface area contributed by atoms with Gasteiger partial charge in [0.1, 0.15) is 17.3 Å². The van der Waals surface area contributed by atoms with Crippen molar-refractivity contribution >= 4 is 15.9 Å². The van der Waals surface area contributed by atoms with Crippen molar-refractivity contribution in [1.29, 1.82) is 0 Å². The molecule has 3 aromatic rings. The van der Waals surface area contributed by atoms with E-state index in [-0.39, 0.29) is 23.0 Å². The van der Waals surface area contributed by atoms with Crippen molar-refractivity contribution in [2.24, 2.45) is 0 Å². The fraction of sp³-hybridized carbons (Fsp3) is 0. The number of phenols is 1. The Morgan fingerprint density at radius 3 is 2.85 bits per heavy atom. The third-order valence-corrected chi connectivity index (χ3v) is 3.22. The molecule has 100 valence electrons. The SMILES string of the molecule is Oc1ccc(-c2nc(-c3ncccc3Br)no2)c(F)c1. The van der Waals surface area contributed by atoms with Crippen molar-refractivity contribution in [1.82, 2.24) is 15.1 Å². The van der Waals surface area contributed by atoms with Gasteiger partial charge in [-0.05, 0) is 40.2 Å². The summed E-state index contributed by atoms with van der Waals surface area (Å²) in [5.41, 5.74) is 0.621. The van der Waals surface area contributed by atoms with Crippen molar-refractivity contribution in [3.05, 3.63) is 46.8 Å². The predicted molar refractivity (Wildman–Crippen MR) is 72.3 cm³/mol. The standard InChI is InChI=1S/C13H7BrFN3O2/c14-9-2-1-5-16-11(9)12-17-13(20-18-12)8-4-3-7(19)6-10(8)15/h1-6,19H. The van der Waals surface area contributed by atoms with E-state index in [0.29, 0.717) is 10.2 Å². The third-order valence-electron chi connectivity index (χ3n) is 2.58. The highest BCUT2D eigenvalue weighted by molar-refractivity contribution is 9.10. The summed E-state index contributed by atoms with van der Waals surface area (Å²) < 4.78 is 19.5. The molecule has 7 heteroatoms. The Labute approximate surface area is 121 Å². The molecule has 1 aromatic carbocycles. The molecule has 5 nitrogen and oxygen atoms in total. The number of rotatable bonds is 2. The molecule has 0 saturated heterocycles. The highest BCUT2D eigenvalue weighted by atomic mass is 79.9. The summed E-state index contributed by atoms with van der Waals surface area (Å²) in [6.07, 6.45) is 1.59. The molecule has 1 N–H and O–H groups in total. The fourth-order valence-corrected chi connectivity index (χ4v) is 2.09. The van der Waals surface area contributed by atoms with E-state index in [0.717, 1.165) is 6.07 Å². The molecule has 0 radical (unpaired) electrons. The highest BCUT2D eigenvalue weighted by Crippen LogP contribution is 2.28. The molecule has 0 atom stereocenters. The molecule has 0 amide bonds. The average Bonchev–Trinajstić information content (AvgIpc) is 2.88. The predicted octanol–water partition coefficient (Wildman–Crippen LogP) is 3.41. The van der Waals surface area contributed by atoms with Gasteiger partial charge in [-0.2, -0.15) is 4.98 Å². The van der Waals surface area contributed by atoms with Crippen LogP contribution in [0, 0.1) is 5.82 Å². The van der Waals surface area contributed by atoms with Crippen molar-refractivity contribution < 1.29 is 14.0 Å². The van der Waals surface area contributed by atoms with Gasteiger partial charge in [-0.25, -0.2) is 4.39 Å². The maximum atomic E-state index is 13.7. The van der Waals surface area contributed by atoms with Crippen LogP contribution in [0.5, 0.6) is 5.75 Å². The van der Waals surface area contributed by atoms with Crippen LogP contribution in [0.3, 0.4) is 0 Å². The highest BCUT2D eigenvalue weighted by Gasteiger charge is 2.16. The van der Waals surface area contributed by atoms with Gasteiger partial charge in [0.25, 0.3) is 5.89 Å². The molecule has 0 saturated carbocycles. The molecule has 0 unspecified atom stereocenters. The molecular formula is C13H7BrFN3O2. The quantitative estimate of drug-likeness (QED) is 0.776. The van der Waals surface area contributed by atoms with E-state index in [1.54, 1.807) is 18.3 Å². The van der Waals surface area contributed by atoms with Gasteiger partial charge in [0.15, 0.2) is 0 Å². The molecule has 0 spiro atoms. The Kier molecular flexibility index (Phi) is 3.19. The maximum Gasteiger partial charge on any atom is 0.261 e. The summed E-state index contributed by atoms with van der Waals surface area (Å²) in [5, 5.41) is 13.0. The van der Waals surface area contributed by atoms with Gasteiger partial charge in [-0.3, -0.25) is 4.98 Å². The molecule has 0 aliphatic rings. The monoisotopic (exact) mass is 335 g/mol. The minimum atomic E-state index is -0.639. The largest absolute Gasteiger partial charge is 0.508 e. The molecule has 0 bridgehead atoms. The lowest BCUT2D eigenvalue weighted by Crippen LogP contribution is -1.87. The molecule has 2 aromatic heterocycles. The van der Waals surface area contributed by atoms with Crippen LogP contribution in [0.2, 0.25) is 0 Å². The molecule has 20 heavy (non-hydrogen) atoms. The summed E-state index contributed by atoms with van der Waals surface area (Å²) >= 11 is 3.33. The zero-order valence-electron chi connectivity index (χ0n) is 9.92. The van der Waals surface area contributed by atoms with Crippen LogP contribution in [-0.4, -0.2) is 20.2 Å². The molecule has 0 aliphatic carbocycles. The number of aromatic nitrogens is 3. The van der Waals surface area contributed by atoms with Crippen LogP contribution in [0.15, 0.2) is 45.5 Å². The van der Waals surface area contributed by atoms with E-state index in [1.165, 1.54) is 12.1 Å². The van der Waals surface area contributed by atoms with Gasteiger partial charge >= 0.3 is 0 Å². The summed E-state index contributed by atoms with van der Waals surface area (Å²) in [6.45, 7) is 0. The van der Waals surface area contributed by atoms with Crippen LogP contribution in [0.25, 0.3) is 23.0 Å². The van der Waals surface area contributed by atoms with Crippen molar-refractivity contribution in [3.8, 4) is 28.7 Å². The molecule has 0 fully saturated rings. The molecule has 0 aliphatic heterocycles. The van der Waals surface area contributed by atoms with Crippen LogP contribution in [0.1, 0.15) is 0 Å². The fourth-order valence-electron chi connectivity index (χ4n) is 1.66. The summed E-state index contributed by atoms with van der Waals surface area (Å²) in [6, 6.07) is 7.25. The van der Waals surface area contributed by atoms with Crippen molar-refractivity contribution in [3.63, 3.8) is 0 Å². The second-order valence-corrected chi connectivity index (χ2v) is 4.78. The van der Waals surface area contributed by atoms with Crippen molar-refractivity contribution in [2.75, 3.05) is 0 Å². The number of benzene rings is 1. The average molecular weight is 336 g/mol. The minimum Gasteiger partial charge on any atom is -0.508 e. The van der Waals surface area contributed by atoms with Crippen LogP contribution < -0.4 is 0 Å². The van der Waals surface area contributed by atoms with Crippen LogP contribution >= 0.6 is 15.9 Å². The second kappa shape index (κ2) is 5.01. The van der Waals surface area contributed by atoms with Crippen LogP contribution in [0.4, 0.5) is 4.39 Å². The smallest absolute Gasteiger partial charge is 0.261 e. The van der Waals surface area contributed by atoms with E-state index >= 15 is 0 Å². The van der Waals surface area contributed by atoms with Gasteiger partial charge in [-0.15, -0.1) is 0 Å². The second-order valence-electron chi connectivity index (χ2n) is 3.92. The normalized spacial score (nSPS) is 10.7. The number of nitrogens with zero attached hydrogens (tertiary/aromatic N) is 3. The lowest BCUT2D eigenvalue weighted by atomic mass is 10.2. The van der Waals surface area contributed by atoms with Gasteiger partial charge in [0, 0.05) is 16.7 Å². The van der Waals surface area contributed by atoms with E-state index in [1.807, 2.05) is 0 Å². The molecular weight excluding hydrogens is 329 g/mol. The van der Waals surface area contributed by atoms with Gasteiger partial charge in [0.2, 0.25) is 5.82 Å². The Bertz CT molecular complexity index is 776. The van der Waals surface area contributed by atoms with Crippen LogP contribution in [-0.2, 0) is 0 Å². The van der Waals surface area contributed by atoms with Gasteiger partial charge in [-0.1, -0.05) is 5.16 Å². The van der Waals surface area contributed by atoms with Gasteiger partial charge in [0.05, 0.1) is 5.56 Å². The summed E-state index contributed by atoms with van der Waals surface area (Å²) in [7, 11) is 0. The Morgan fingerprint density at radius 1 is 1.25 bits per heavy atom. The number of pyridine rings is 1. The Balaban J connectivity index is 2.04. The first-order valence-electron chi connectivity index (χ1n) is 5.58. The Hall–Kier alpha value is -2.28. The number of halogens is 2. The lowest BCUT2D eigenvalue weighted by molar-refractivity contribution is 0.428. The molecule has 2 heterocycles. The number of phenolic OH excluding ortho intramolecular Hbond substituents is 1. The van der Waals surface area contributed by atoms with E-state index < -0.39 is 5.82 Å².